The summed E-state index contributed by atoms with van der Waals surface area (Å²) in [6, 6.07) is 6.43. The molecule has 13 heavy (non-hydrogen) atoms. The van der Waals surface area contributed by atoms with Gasteiger partial charge in [-0.15, -0.1) is 0 Å². The molecule has 0 saturated carbocycles. The van der Waals surface area contributed by atoms with Crippen LogP contribution in [0.3, 0.4) is 0 Å². The number of nitro groups is 1. The van der Waals surface area contributed by atoms with Crippen molar-refractivity contribution in [2.24, 2.45) is 0 Å². The Balaban J connectivity index is 2.73. The molecule has 1 rings (SSSR count). The summed E-state index contributed by atoms with van der Waals surface area (Å²) in [5, 5.41) is 10.4. The van der Waals surface area contributed by atoms with Gasteiger partial charge in [-0.25, -0.2) is 0 Å². The van der Waals surface area contributed by atoms with Gasteiger partial charge in [-0.2, -0.15) is 0 Å². The van der Waals surface area contributed by atoms with Crippen molar-refractivity contribution in [3.05, 3.63) is 46.4 Å². The van der Waals surface area contributed by atoms with Gasteiger partial charge in [-0.05, 0) is 5.56 Å². The van der Waals surface area contributed by atoms with E-state index in [4.69, 9.17) is 4.74 Å². The minimum absolute atomic E-state index is 0.102. The summed E-state index contributed by atoms with van der Waals surface area (Å²) in [5.41, 5.74) is 0.904. The van der Waals surface area contributed by atoms with Gasteiger partial charge in [0.05, 0.1) is 11.5 Å². The quantitative estimate of drug-likeness (QED) is 0.524. The van der Waals surface area contributed by atoms with Crippen LogP contribution in [-0.2, 0) is 4.74 Å². The number of benzene rings is 1. The van der Waals surface area contributed by atoms with Crippen LogP contribution in [0.25, 0.3) is 0 Å². The molecule has 4 heteroatoms. The summed E-state index contributed by atoms with van der Waals surface area (Å²) >= 11 is 0. The van der Waals surface area contributed by atoms with E-state index in [0.29, 0.717) is 6.61 Å². The van der Waals surface area contributed by atoms with Gasteiger partial charge in [0.25, 0.3) is 5.69 Å². The third-order valence-electron chi connectivity index (χ3n) is 1.57. The number of hydrogen-bond donors (Lipinski definition) is 0. The topological polar surface area (TPSA) is 52.4 Å². The van der Waals surface area contributed by atoms with Crippen LogP contribution in [0.5, 0.6) is 0 Å². The average molecular weight is 180 g/mol. The van der Waals surface area contributed by atoms with E-state index in [1.165, 1.54) is 12.1 Å². The first-order valence-corrected chi connectivity index (χ1v) is 3.80. The van der Waals surface area contributed by atoms with Gasteiger partial charge >= 0.3 is 0 Å². The summed E-state index contributed by atoms with van der Waals surface area (Å²) in [6.07, 6.45) is 1.78. The van der Waals surface area contributed by atoms with E-state index < -0.39 is 4.92 Å². The Morgan fingerprint density at radius 2 is 2.38 bits per heavy atom. The third kappa shape index (κ3) is 2.83. The fraction of sp³-hybridized carbons (Fsp3) is 0.222. The first-order chi connectivity index (χ1) is 6.24. The van der Waals surface area contributed by atoms with Gasteiger partial charge in [0, 0.05) is 25.7 Å². The Kier molecular flexibility index (Phi) is 3.40. The largest absolute Gasteiger partial charge is 0.384 e. The molecule has 0 bridgehead atoms. The van der Waals surface area contributed by atoms with Crippen molar-refractivity contribution >= 4 is 5.69 Å². The maximum Gasteiger partial charge on any atom is 0.269 e. The van der Waals surface area contributed by atoms with Crippen LogP contribution in [0.2, 0.25) is 0 Å². The number of rotatable bonds is 4. The first kappa shape index (κ1) is 9.67. The highest BCUT2D eigenvalue weighted by molar-refractivity contribution is 5.37. The molecule has 4 nitrogen and oxygen atoms in total. The molecule has 0 aliphatic carbocycles. The van der Waals surface area contributed by atoms with E-state index in [0.717, 1.165) is 5.56 Å². The molecule has 0 amide bonds. The lowest BCUT2D eigenvalue weighted by atomic mass is 10.1. The number of methoxy groups -OCH3 is 1. The summed E-state index contributed by atoms with van der Waals surface area (Å²) in [4.78, 5) is 9.97. The lowest BCUT2D eigenvalue weighted by Gasteiger charge is -1.98. The number of nitrogens with zero attached hydrogens (tertiary/aromatic N) is 1. The van der Waals surface area contributed by atoms with Crippen LogP contribution in [0.15, 0.2) is 24.3 Å². The molecule has 0 fully saturated rings. The molecule has 0 unspecified atom stereocenters. The zero-order valence-electron chi connectivity index (χ0n) is 7.27. The van der Waals surface area contributed by atoms with Crippen molar-refractivity contribution in [1.29, 1.82) is 0 Å². The summed E-state index contributed by atoms with van der Waals surface area (Å²) in [6.45, 7) is 0.459. The van der Waals surface area contributed by atoms with Gasteiger partial charge in [0.2, 0.25) is 0 Å². The predicted molar refractivity (Wildman–Crippen MR) is 48.4 cm³/mol. The van der Waals surface area contributed by atoms with Crippen LogP contribution < -0.4 is 0 Å². The molecular weight excluding hydrogens is 170 g/mol. The van der Waals surface area contributed by atoms with Crippen LogP contribution in [-0.4, -0.2) is 18.6 Å². The standard InChI is InChI=1S/C9H10NO3/c1-13-6-5-8-3-2-4-9(7-8)10(11)12/h2-5,7H,6H2,1H3. The highest BCUT2D eigenvalue weighted by atomic mass is 16.6. The average Bonchev–Trinajstić information content (AvgIpc) is 2.15. The molecule has 0 aromatic heterocycles. The predicted octanol–water partition coefficient (Wildman–Crippen LogP) is 1.79. The number of hydrogen-bond acceptors (Lipinski definition) is 3. The summed E-state index contributed by atoms with van der Waals surface area (Å²) in [7, 11) is 1.58. The van der Waals surface area contributed by atoms with E-state index in [1.807, 2.05) is 0 Å². The van der Waals surface area contributed by atoms with Crippen LogP contribution in [0.1, 0.15) is 5.56 Å². The van der Waals surface area contributed by atoms with E-state index in [2.05, 4.69) is 0 Å². The Morgan fingerprint density at radius 1 is 1.62 bits per heavy atom. The maximum atomic E-state index is 10.4. The van der Waals surface area contributed by atoms with Crippen LogP contribution >= 0.6 is 0 Å². The highest BCUT2D eigenvalue weighted by Gasteiger charge is 2.04. The van der Waals surface area contributed by atoms with Crippen molar-refractivity contribution in [1.82, 2.24) is 0 Å². The van der Waals surface area contributed by atoms with E-state index in [-0.39, 0.29) is 5.69 Å². The minimum atomic E-state index is -0.413. The fourth-order valence-electron chi connectivity index (χ4n) is 0.945. The lowest BCUT2D eigenvalue weighted by Crippen LogP contribution is -1.93. The zero-order chi connectivity index (χ0) is 9.68. The van der Waals surface area contributed by atoms with Gasteiger partial charge in [0.1, 0.15) is 0 Å². The molecule has 0 aliphatic rings. The van der Waals surface area contributed by atoms with E-state index >= 15 is 0 Å². The SMILES string of the molecule is COC[CH]c1cccc([N+](=O)[O-])c1. The second-order valence-corrected chi connectivity index (χ2v) is 2.51. The van der Waals surface area contributed by atoms with Crippen molar-refractivity contribution in [3.63, 3.8) is 0 Å². The smallest absolute Gasteiger partial charge is 0.269 e. The molecule has 1 aromatic carbocycles. The second kappa shape index (κ2) is 4.57. The molecular formula is C9H10NO3. The zero-order valence-corrected chi connectivity index (χ0v) is 7.27. The van der Waals surface area contributed by atoms with Gasteiger partial charge < -0.3 is 4.74 Å². The second-order valence-electron chi connectivity index (χ2n) is 2.51. The van der Waals surface area contributed by atoms with Crippen molar-refractivity contribution < 1.29 is 9.66 Å². The molecule has 1 radical (unpaired) electrons. The van der Waals surface area contributed by atoms with E-state index in [1.54, 1.807) is 25.7 Å². The van der Waals surface area contributed by atoms with Crippen molar-refractivity contribution in [2.75, 3.05) is 13.7 Å². The normalized spacial score (nSPS) is 9.92. The summed E-state index contributed by atoms with van der Waals surface area (Å²) in [5.74, 6) is 0. The number of ether oxygens (including phenoxy) is 1. The molecule has 0 saturated heterocycles. The molecule has 0 spiro atoms. The monoisotopic (exact) mass is 180 g/mol. The molecule has 1 aromatic rings. The van der Waals surface area contributed by atoms with E-state index in [9.17, 15) is 10.1 Å². The molecule has 0 N–H and O–H groups in total. The van der Waals surface area contributed by atoms with Crippen molar-refractivity contribution in [2.45, 2.75) is 0 Å². The number of non-ortho nitro benzene ring substituents is 1. The molecule has 0 aliphatic heterocycles. The van der Waals surface area contributed by atoms with Crippen molar-refractivity contribution in [3.8, 4) is 0 Å². The lowest BCUT2D eigenvalue weighted by molar-refractivity contribution is -0.384. The highest BCUT2D eigenvalue weighted by Crippen LogP contribution is 2.14. The molecule has 0 atom stereocenters. The number of nitro benzene ring substituents is 1. The van der Waals surface area contributed by atoms with Gasteiger partial charge in [0.15, 0.2) is 0 Å². The summed E-state index contributed by atoms with van der Waals surface area (Å²) < 4.78 is 4.82. The Morgan fingerprint density at radius 3 is 3.00 bits per heavy atom. The van der Waals surface area contributed by atoms with Crippen LogP contribution in [0.4, 0.5) is 5.69 Å². The Bertz CT molecular complexity index is 299. The fourth-order valence-corrected chi connectivity index (χ4v) is 0.945. The van der Waals surface area contributed by atoms with Crippen LogP contribution in [0, 0.1) is 16.5 Å². The van der Waals surface area contributed by atoms with Gasteiger partial charge in [-0.3, -0.25) is 10.1 Å². The third-order valence-corrected chi connectivity index (χ3v) is 1.57. The molecule has 0 heterocycles. The molecule has 69 valence electrons. The Labute approximate surface area is 76.3 Å². The minimum Gasteiger partial charge on any atom is -0.384 e. The Hall–Kier alpha value is -1.42. The van der Waals surface area contributed by atoms with Gasteiger partial charge in [-0.1, -0.05) is 12.1 Å². The maximum absolute atomic E-state index is 10.4. The first-order valence-electron chi connectivity index (χ1n) is 3.80.